The second-order valence-electron chi connectivity index (χ2n) is 5.85. The summed E-state index contributed by atoms with van der Waals surface area (Å²) in [5.74, 6) is 0.126. The molecule has 1 heterocycles. The van der Waals surface area contributed by atoms with Crippen molar-refractivity contribution in [2.24, 2.45) is 0 Å². The molecule has 2 N–H and O–H groups in total. The molecule has 1 amide bonds. The summed E-state index contributed by atoms with van der Waals surface area (Å²) in [5.41, 5.74) is 3.60. The molecule has 0 bridgehead atoms. The highest BCUT2D eigenvalue weighted by molar-refractivity contribution is 7.99. The van der Waals surface area contributed by atoms with Gasteiger partial charge in [-0.05, 0) is 43.7 Å². The molecular weight excluding hydrogens is 322 g/mol. The summed E-state index contributed by atoms with van der Waals surface area (Å²) in [4.78, 5) is 31.6. The number of carbonyl (C=O) groups excluding carboxylic acids is 1. The molecule has 24 heavy (non-hydrogen) atoms. The van der Waals surface area contributed by atoms with Gasteiger partial charge in [-0.3, -0.25) is 9.59 Å². The fraction of sp³-hybridized carbons (Fsp3) is 0.389. The Balaban J connectivity index is 1.64. The molecule has 0 atom stereocenters. The first kappa shape index (κ1) is 16.8. The number of anilines is 1. The highest BCUT2D eigenvalue weighted by Gasteiger charge is 2.16. The van der Waals surface area contributed by atoms with Crippen molar-refractivity contribution < 1.29 is 4.79 Å². The Morgan fingerprint density at radius 1 is 1.29 bits per heavy atom. The van der Waals surface area contributed by atoms with Crippen LogP contribution in [-0.2, 0) is 24.1 Å². The summed E-state index contributed by atoms with van der Waals surface area (Å²) in [7, 11) is 0. The van der Waals surface area contributed by atoms with Crippen molar-refractivity contribution in [2.45, 2.75) is 44.2 Å². The average Bonchev–Trinajstić information content (AvgIpc) is 2.60. The number of amides is 1. The third kappa shape index (κ3) is 3.87. The molecule has 2 aromatic rings. The van der Waals surface area contributed by atoms with E-state index >= 15 is 0 Å². The van der Waals surface area contributed by atoms with Gasteiger partial charge in [0.05, 0.1) is 11.4 Å². The summed E-state index contributed by atoms with van der Waals surface area (Å²) in [6.07, 6.45) is 4.63. The average molecular weight is 343 g/mol. The van der Waals surface area contributed by atoms with Crippen LogP contribution < -0.4 is 10.9 Å². The molecule has 5 nitrogen and oxygen atoms in total. The number of rotatable bonds is 5. The van der Waals surface area contributed by atoms with Crippen LogP contribution >= 0.6 is 11.8 Å². The molecule has 3 rings (SSSR count). The molecule has 0 saturated carbocycles. The first-order chi connectivity index (χ1) is 11.7. The highest BCUT2D eigenvalue weighted by Crippen LogP contribution is 2.20. The number of nitrogens with one attached hydrogen (secondary N) is 2. The zero-order valence-electron chi connectivity index (χ0n) is 13.7. The smallest absolute Gasteiger partial charge is 0.254 e. The molecule has 1 aliphatic rings. The van der Waals surface area contributed by atoms with Crippen molar-refractivity contribution in [1.29, 1.82) is 0 Å². The fourth-order valence-electron chi connectivity index (χ4n) is 2.92. The topological polar surface area (TPSA) is 74.8 Å². The van der Waals surface area contributed by atoms with E-state index in [0.717, 1.165) is 54.6 Å². The number of hydrogen-bond donors (Lipinski definition) is 2. The molecular formula is C18H21N3O2S. The summed E-state index contributed by atoms with van der Waals surface area (Å²) >= 11 is 1.27. The van der Waals surface area contributed by atoms with Gasteiger partial charge in [0.2, 0.25) is 5.91 Å². The lowest BCUT2D eigenvalue weighted by molar-refractivity contribution is -0.113. The van der Waals surface area contributed by atoms with Crippen molar-refractivity contribution in [2.75, 3.05) is 11.1 Å². The minimum Gasteiger partial charge on any atom is -0.325 e. The first-order valence-electron chi connectivity index (χ1n) is 8.30. The Bertz CT molecular complexity index is 801. The summed E-state index contributed by atoms with van der Waals surface area (Å²) in [6.45, 7) is 2.06. The van der Waals surface area contributed by atoms with Crippen LogP contribution in [0.15, 0.2) is 34.2 Å². The maximum Gasteiger partial charge on any atom is 0.254 e. The normalized spacial score (nSPS) is 13.4. The standard InChI is InChI=1S/C18H21N3O2S/c1-2-12-7-3-5-9-14(12)19-16(22)11-24-18-20-15-10-6-4-8-13(15)17(23)21-18/h3,5,7,9H,2,4,6,8,10-11H2,1H3,(H,19,22)(H,20,21,23). The number of nitrogens with zero attached hydrogens (tertiary/aromatic N) is 1. The molecule has 0 unspecified atom stereocenters. The van der Waals surface area contributed by atoms with Crippen molar-refractivity contribution in [3.05, 3.63) is 51.4 Å². The highest BCUT2D eigenvalue weighted by atomic mass is 32.2. The molecule has 1 aromatic heterocycles. The van der Waals surface area contributed by atoms with E-state index in [1.807, 2.05) is 24.3 Å². The molecule has 6 heteroatoms. The number of aromatic nitrogens is 2. The molecule has 0 spiro atoms. The van der Waals surface area contributed by atoms with E-state index in [4.69, 9.17) is 0 Å². The number of aromatic amines is 1. The predicted octanol–water partition coefficient (Wildman–Crippen LogP) is 2.94. The van der Waals surface area contributed by atoms with Crippen LogP contribution in [0, 0.1) is 0 Å². The molecule has 1 aromatic carbocycles. The lowest BCUT2D eigenvalue weighted by atomic mass is 9.97. The van der Waals surface area contributed by atoms with Crippen molar-refractivity contribution >= 4 is 23.4 Å². The minimum atomic E-state index is -0.0960. The number of para-hydroxylation sites is 1. The zero-order valence-corrected chi connectivity index (χ0v) is 14.5. The second-order valence-corrected chi connectivity index (χ2v) is 6.82. The summed E-state index contributed by atoms with van der Waals surface area (Å²) in [6, 6.07) is 7.78. The molecule has 0 fully saturated rings. The molecule has 0 saturated heterocycles. The number of aryl methyl sites for hydroxylation is 2. The van der Waals surface area contributed by atoms with Crippen molar-refractivity contribution in [1.82, 2.24) is 9.97 Å². The van der Waals surface area contributed by atoms with E-state index in [0.29, 0.717) is 5.16 Å². The van der Waals surface area contributed by atoms with Crippen molar-refractivity contribution in [3.63, 3.8) is 0 Å². The van der Waals surface area contributed by atoms with Crippen LogP contribution in [0.5, 0.6) is 0 Å². The Morgan fingerprint density at radius 3 is 2.92 bits per heavy atom. The van der Waals surface area contributed by atoms with Gasteiger partial charge < -0.3 is 10.3 Å². The summed E-state index contributed by atoms with van der Waals surface area (Å²) in [5, 5.41) is 3.46. The van der Waals surface area contributed by atoms with E-state index in [9.17, 15) is 9.59 Å². The number of hydrogen-bond acceptors (Lipinski definition) is 4. The molecule has 0 radical (unpaired) electrons. The number of carbonyl (C=O) groups is 1. The van der Waals surface area contributed by atoms with Gasteiger partial charge in [-0.25, -0.2) is 4.98 Å². The Hall–Kier alpha value is -2.08. The number of benzene rings is 1. The van der Waals surface area contributed by atoms with Crippen LogP contribution in [0.3, 0.4) is 0 Å². The van der Waals surface area contributed by atoms with E-state index in [2.05, 4.69) is 22.2 Å². The van der Waals surface area contributed by atoms with Gasteiger partial charge in [0.1, 0.15) is 0 Å². The second kappa shape index (κ2) is 7.66. The van der Waals surface area contributed by atoms with Crippen LogP contribution in [0.25, 0.3) is 0 Å². The number of H-pyrrole nitrogens is 1. The van der Waals surface area contributed by atoms with E-state index in [1.165, 1.54) is 11.8 Å². The first-order valence-corrected chi connectivity index (χ1v) is 9.28. The van der Waals surface area contributed by atoms with Gasteiger partial charge in [0.25, 0.3) is 5.56 Å². The van der Waals surface area contributed by atoms with Gasteiger partial charge in [0, 0.05) is 11.3 Å². The third-order valence-electron chi connectivity index (χ3n) is 4.18. The van der Waals surface area contributed by atoms with Crippen LogP contribution in [0.1, 0.15) is 36.6 Å². The van der Waals surface area contributed by atoms with E-state index < -0.39 is 0 Å². The quantitative estimate of drug-likeness (QED) is 0.646. The third-order valence-corrected chi connectivity index (χ3v) is 5.06. The maximum absolute atomic E-state index is 12.2. The predicted molar refractivity (Wildman–Crippen MR) is 96.7 cm³/mol. The molecule has 126 valence electrons. The maximum atomic E-state index is 12.2. The van der Waals surface area contributed by atoms with Crippen LogP contribution in [-0.4, -0.2) is 21.6 Å². The Morgan fingerprint density at radius 2 is 2.08 bits per heavy atom. The van der Waals surface area contributed by atoms with Gasteiger partial charge in [0.15, 0.2) is 5.16 Å². The lowest BCUT2D eigenvalue weighted by Gasteiger charge is -2.14. The number of fused-ring (bicyclic) bond motifs is 1. The number of thioether (sulfide) groups is 1. The zero-order chi connectivity index (χ0) is 16.9. The van der Waals surface area contributed by atoms with Gasteiger partial charge in [-0.1, -0.05) is 36.9 Å². The Labute approximate surface area is 145 Å². The van der Waals surface area contributed by atoms with Crippen LogP contribution in [0.2, 0.25) is 0 Å². The Kier molecular flexibility index (Phi) is 5.35. The van der Waals surface area contributed by atoms with E-state index in [-0.39, 0.29) is 17.2 Å². The lowest BCUT2D eigenvalue weighted by Crippen LogP contribution is -2.22. The van der Waals surface area contributed by atoms with Crippen molar-refractivity contribution in [3.8, 4) is 0 Å². The van der Waals surface area contributed by atoms with Gasteiger partial charge in [-0.15, -0.1) is 0 Å². The molecule has 0 aliphatic heterocycles. The largest absolute Gasteiger partial charge is 0.325 e. The van der Waals surface area contributed by atoms with E-state index in [1.54, 1.807) is 0 Å². The van der Waals surface area contributed by atoms with Gasteiger partial charge >= 0.3 is 0 Å². The van der Waals surface area contributed by atoms with Gasteiger partial charge in [-0.2, -0.15) is 0 Å². The fourth-order valence-corrected chi connectivity index (χ4v) is 3.60. The van der Waals surface area contributed by atoms with Crippen LogP contribution in [0.4, 0.5) is 5.69 Å². The molecule has 1 aliphatic carbocycles. The monoisotopic (exact) mass is 343 g/mol. The summed E-state index contributed by atoms with van der Waals surface area (Å²) < 4.78 is 0. The SMILES string of the molecule is CCc1ccccc1NC(=O)CSc1nc2c(c(=O)[nH]1)CCCC2. The minimum absolute atomic E-state index is 0.0565.